The van der Waals surface area contributed by atoms with Crippen molar-refractivity contribution >= 4 is 11.8 Å². The number of hydrogen-bond donors (Lipinski definition) is 16. The fourth-order valence-electron chi connectivity index (χ4n) is 8.35. The zero-order chi connectivity index (χ0) is 51.1. The summed E-state index contributed by atoms with van der Waals surface area (Å²) in [4.78, 5) is 25.3. The number of carbonyl (C=O) groups excluding carboxylic acids is 2. The van der Waals surface area contributed by atoms with Gasteiger partial charge in [0.05, 0.1) is 44.1 Å². The van der Waals surface area contributed by atoms with Gasteiger partial charge in [0.2, 0.25) is 12.2 Å². The summed E-state index contributed by atoms with van der Waals surface area (Å²) in [5.41, 5.74) is 17.6. The van der Waals surface area contributed by atoms with E-state index >= 15 is 0 Å². The van der Waals surface area contributed by atoms with Crippen LogP contribution in [-0.2, 0) is 38.0 Å². The van der Waals surface area contributed by atoms with E-state index in [9.17, 15) is 55.5 Å². The quantitative estimate of drug-likeness (QED) is 0.0364. The first-order chi connectivity index (χ1) is 33.5. The van der Waals surface area contributed by atoms with E-state index in [1.807, 2.05) is 0 Å². The lowest BCUT2D eigenvalue weighted by Gasteiger charge is -2.49. The van der Waals surface area contributed by atoms with Crippen molar-refractivity contribution in [1.82, 2.24) is 21.3 Å². The summed E-state index contributed by atoms with van der Waals surface area (Å²) in [6.07, 6.45) is -22.5. The molecule has 4 aliphatic heterocycles. The van der Waals surface area contributed by atoms with Gasteiger partial charge < -0.3 is 122 Å². The number of benzene rings is 1. The summed E-state index contributed by atoms with van der Waals surface area (Å²) in [7, 11) is 0. The maximum atomic E-state index is 12.8. The van der Waals surface area contributed by atoms with E-state index in [1.165, 1.54) is 38.1 Å². The Hall–Kier alpha value is -2.88. The van der Waals surface area contributed by atoms with Crippen molar-refractivity contribution in [3.05, 3.63) is 29.8 Å². The van der Waals surface area contributed by atoms with Crippen LogP contribution in [0.25, 0.3) is 0 Å². The standard InChI is InChI=1S/C44H77N7O19/c1-21(46)39(61)51-29-31(56)28(47)22(2)63-41(29)68-36-26(19-53)66-42(33(58)32(36)57)70-38-30(55)25(18-52)65-44(35(38)60)69-37-27(20-54)67-43(34(37)59)64-24-10-8-23(9-11-24)40(62)50-17-7-16-49-15-6-5-14-48-13-4-3-12-45/h8-11,21-22,25-38,41-44,48-49,52-60H,3-7,12-20,45-47H2,1-2H3,(H,50,62)(H,51,61)/t21-,22-,25-,26-,27+,28-,29-,30-,31+,32-,33-,34-,35-,36+,37-,38-,41+,42-,43+,44-/m0/s1. The highest BCUT2D eigenvalue weighted by molar-refractivity contribution is 5.94. The Morgan fingerprint density at radius 3 is 1.74 bits per heavy atom. The number of ether oxygens (including phenoxy) is 8. The van der Waals surface area contributed by atoms with Gasteiger partial charge in [-0.05, 0) is 103 Å². The van der Waals surface area contributed by atoms with E-state index < -0.39 is 148 Å². The van der Waals surface area contributed by atoms with Crippen molar-refractivity contribution in [3.8, 4) is 5.75 Å². The van der Waals surface area contributed by atoms with Crippen molar-refractivity contribution in [3.63, 3.8) is 0 Å². The number of unbranched alkanes of at least 4 members (excludes halogenated alkanes) is 2. The van der Waals surface area contributed by atoms with Crippen LogP contribution in [0.15, 0.2) is 24.3 Å². The van der Waals surface area contributed by atoms with Gasteiger partial charge in [0.1, 0.15) is 78.9 Å². The minimum Gasteiger partial charge on any atom is -0.462 e. The number of aliphatic hydroxyl groups excluding tert-OH is 9. The van der Waals surface area contributed by atoms with Crippen LogP contribution in [0.4, 0.5) is 0 Å². The molecular weight excluding hydrogens is 931 g/mol. The number of aliphatic hydroxyl groups is 9. The second kappa shape index (κ2) is 28.5. The highest BCUT2D eigenvalue weighted by atomic mass is 16.8. The molecule has 0 bridgehead atoms. The van der Waals surface area contributed by atoms with Crippen LogP contribution in [-0.4, -0.2) is 239 Å². The Morgan fingerprint density at radius 2 is 1.14 bits per heavy atom. The lowest BCUT2D eigenvalue weighted by Crippen LogP contribution is -2.69. The molecule has 2 amide bonds. The molecule has 26 nitrogen and oxygen atoms in total. The normalized spacial score (nSPS) is 37.2. The summed E-state index contributed by atoms with van der Waals surface area (Å²) >= 11 is 0. The molecule has 70 heavy (non-hydrogen) atoms. The van der Waals surface area contributed by atoms with Gasteiger partial charge in [0.15, 0.2) is 18.9 Å². The maximum Gasteiger partial charge on any atom is 0.251 e. The molecule has 4 aliphatic rings. The summed E-state index contributed by atoms with van der Waals surface area (Å²) in [5, 5.41) is 110. The highest BCUT2D eigenvalue weighted by Gasteiger charge is 2.55. The van der Waals surface area contributed by atoms with E-state index in [2.05, 4.69) is 21.3 Å². The molecule has 4 fully saturated rings. The Bertz CT molecular complexity index is 1700. The second-order valence-electron chi connectivity index (χ2n) is 18.0. The van der Waals surface area contributed by atoms with E-state index in [1.54, 1.807) is 0 Å². The fourth-order valence-corrected chi connectivity index (χ4v) is 8.35. The van der Waals surface area contributed by atoms with Gasteiger partial charge in [-0.1, -0.05) is 0 Å². The molecule has 0 spiro atoms. The maximum absolute atomic E-state index is 12.8. The Kier molecular flexibility index (Phi) is 23.7. The van der Waals surface area contributed by atoms with E-state index in [-0.39, 0.29) is 11.7 Å². The third-order valence-corrected chi connectivity index (χ3v) is 12.6. The number of hydrogen-bond acceptors (Lipinski definition) is 24. The minimum absolute atomic E-state index is 0.191. The minimum atomic E-state index is -2.02. The second-order valence-corrected chi connectivity index (χ2v) is 18.0. The lowest BCUT2D eigenvalue weighted by atomic mass is 9.94. The van der Waals surface area contributed by atoms with Crippen LogP contribution < -0.4 is 43.2 Å². The zero-order valence-corrected chi connectivity index (χ0v) is 39.6. The van der Waals surface area contributed by atoms with Crippen LogP contribution in [0.1, 0.15) is 56.3 Å². The lowest BCUT2D eigenvalue weighted by molar-refractivity contribution is -0.376. The smallest absolute Gasteiger partial charge is 0.251 e. The van der Waals surface area contributed by atoms with Crippen LogP contribution in [0.5, 0.6) is 5.75 Å². The largest absolute Gasteiger partial charge is 0.462 e. The van der Waals surface area contributed by atoms with Crippen molar-refractivity contribution < 1.29 is 93.4 Å². The number of amides is 2. The molecule has 4 heterocycles. The monoisotopic (exact) mass is 1010 g/mol. The van der Waals surface area contributed by atoms with E-state index in [0.29, 0.717) is 18.7 Å². The summed E-state index contributed by atoms with van der Waals surface area (Å²) in [5.74, 6) is -0.796. The van der Waals surface area contributed by atoms with Gasteiger partial charge in [0.25, 0.3) is 5.91 Å². The first-order valence-corrected chi connectivity index (χ1v) is 24.0. The summed E-state index contributed by atoms with van der Waals surface area (Å²) < 4.78 is 46.5. The molecule has 26 heteroatoms. The van der Waals surface area contributed by atoms with Crippen LogP contribution in [0.3, 0.4) is 0 Å². The van der Waals surface area contributed by atoms with Gasteiger partial charge in [-0.2, -0.15) is 0 Å². The molecule has 0 unspecified atom stereocenters. The first kappa shape index (κ1) is 58.0. The molecule has 0 saturated carbocycles. The first-order valence-electron chi connectivity index (χ1n) is 24.0. The topological polar surface area (TPSA) is 416 Å². The van der Waals surface area contributed by atoms with Crippen molar-refractivity contribution in [1.29, 1.82) is 0 Å². The van der Waals surface area contributed by atoms with Gasteiger partial charge in [-0.3, -0.25) is 9.59 Å². The van der Waals surface area contributed by atoms with Crippen molar-refractivity contribution in [2.75, 3.05) is 59.1 Å². The predicted molar refractivity (Wildman–Crippen MR) is 243 cm³/mol. The molecule has 1 aromatic rings. The molecule has 402 valence electrons. The molecule has 0 aromatic heterocycles. The Balaban J connectivity index is 1.13. The Labute approximate surface area is 406 Å². The Morgan fingerprint density at radius 1 is 0.629 bits per heavy atom. The average molecular weight is 1010 g/mol. The molecule has 4 saturated heterocycles. The SMILES string of the molecule is C[C@H](N)C(=O)N[C@@H]1[C@@H](O[C@H]2[C@@H](O)[C@H](O)[C@H](O[C@@H]3[C@H](O)[C@H](O[C@@H]4[C@H](O)[C@H](Oc5ccc(C(=O)NCCCNCCCCNCCCCN)cc5)O[C@@H]4CO)O[C@@H](CO)[C@@H]3O)O[C@H]2CO)O[C@@H](C)[C@H](N)[C@H]1O. The van der Waals surface area contributed by atoms with Crippen molar-refractivity contribution in [2.45, 2.75) is 169 Å². The summed E-state index contributed by atoms with van der Waals surface area (Å²) in [6, 6.07) is 2.72. The fraction of sp³-hybridized carbons (Fsp3) is 0.818. The number of rotatable bonds is 27. The van der Waals surface area contributed by atoms with Crippen LogP contribution in [0.2, 0.25) is 0 Å². The number of carbonyl (C=O) groups is 2. The third kappa shape index (κ3) is 15.3. The van der Waals surface area contributed by atoms with Gasteiger partial charge in [0, 0.05) is 12.1 Å². The van der Waals surface area contributed by atoms with Gasteiger partial charge in [-0.15, -0.1) is 0 Å². The zero-order valence-electron chi connectivity index (χ0n) is 39.6. The average Bonchev–Trinajstić information content (AvgIpc) is 3.64. The van der Waals surface area contributed by atoms with Crippen LogP contribution >= 0.6 is 0 Å². The van der Waals surface area contributed by atoms with Crippen LogP contribution in [0, 0.1) is 0 Å². The molecule has 0 aliphatic carbocycles. The third-order valence-electron chi connectivity index (χ3n) is 12.6. The number of nitrogens with one attached hydrogen (secondary N) is 4. The highest BCUT2D eigenvalue weighted by Crippen LogP contribution is 2.35. The molecule has 20 atom stereocenters. The molecule has 5 rings (SSSR count). The van der Waals surface area contributed by atoms with Gasteiger partial charge >= 0.3 is 0 Å². The van der Waals surface area contributed by atoms with Crippen molar-refractivity contribution in [2.24, 2.45) is 17.2 Å². The van der Waals surface area contributed by atoms with E-state index in [4.69, 9.17) is 55.1 Å². The molecule has 19 N–H and O–H groups in total. The molecular formula is C44H77N7O19. The predicted octanol–water partition coefficient (Wildman–Crippen LogP) is -6.74. The van der Waals surface area contributed by atoms with E-state index in [0.717, 1.165) is 58.3 Å². The molecule has 0 radical (unpaired) electrons. The number of nitrogens with two attached hydrogens (primary N) is 3. The van der Waals surface area contributed by atoms with Gasteiger partial charge in [-0.25, -0.2) is 0 Å². The molecule has 1 aromatic carbocycles. The summed E-state index contributed by atoms with van der Waals surface area (Å²) in [6.45, 7) is 5.26.